The number of nitrogens with zero attached hydrogens (tertiary/aromatic N) is 1. The standard InChI is InChI=1S/C22H24N2O3/c1-24(16-10-12-23-13-11-16)22(25)20-14-15-6-5-8-18(21(15)27-20)17-7-3-4-9-19(17)26-2/h3-9,14,16,23H,10-13H2,1-2H3. The van der Waals surface area contributed by atoms with Crippen LogP contribution in [0.3, 0.4) is 0 Å². The summed E-state index contributed by atoms with van der Waals surface area (Å²) in [6, 6.07) is 15.9. The third-order valence-corrected chi connectivity index (χ3v) is 5.33. The van der Waals surface area contributed by atoms with Gasteiger partial charge in [0.2, 0.25) is 0 Å². The van der Waals surface area contributed by atoms with Gasteiger partial charge in [-0.2, -0.15) is 0 Å². The van der Waals surface area contributed by atoms with Gasteiger partial charge < -0.3 is 19.4 Å². The molecule has 1 aromatic heterocycles. The second kappa shape index (κ2) is 7.45. The maximum Gasteiger partial charge on any atom is 0.289 e. The Balaban J connectivity index is 1.71. The zero-order valence-corrected chi connectivity index (χ0v) is 15.7. The molecule has 5 nitrogen and oxygen atoms in total. The van der Waals surface area contributed by atoms with Crippen LogP contribution in [0, 0.1) is 0 Å². The van der Waals surface area contributed by atoms with Crippen molar-refractivity contribution in [3.63, 3.8) is 0 Å². The molecule has 0 saturated carbocycles. The van der Waals surface area contributed by atoms with Crippen molar-refractivity contribution in [2.24, 2.45) is 0 Å². The molecule has 27 heavy (non-hydrogen) atoms. The van der Waals surface area contributed by atoms with Crippen LogP contribution in [0.5, 0.6) is 5.75 Å². The van der Waals surface area contributed by atoms with Crippen molar-refractivity contribution in [1.29, 1.82) is 0 Å². The summed E-state index contributed by atoms with van der Waals surface area (Å²) in [5.74, 6) is 1.10. The number of fused-ring (bicyclic) bond motifs is 1. The van der Waals surface area contributed by atoms with E-state index in [2.05, 4.69) is 5.32 Å². The lowest BCUT2D eigenvalue weighted by atomic mass is 10.0. The van der Waals surface area contributed by atoms with Gasteiger partial charge in [-0.1, -0.05) is 36.4 Å². The number of piperidine rings is 1. The second-order valence-corrected chi connectivity index (χ2v) is 6.93. The number of carbonyl (C=O) groups excluding carboxylic acids is 1. The number of furan rings is 1. The highest BCUT2D eigenvalue weighted by molar-refractivity contribution is 6.00. The predicted octanol–water partition coefficient (Wildman–Crippen LogP) is 3.93. The van der Waals surface area contributed by atoms with Gasteiger partial charge in [0.15, 0.2) is 5.76 Å². The van der Waals surface area contributed by atoms with Crippen molar-refractivity contribution < 1.29 is 13.9 Å². The number of benzene rings is 2. The minimum Gasteiger partial charge on any atom is -0.496 e. The molecular formula is C22H24N2O3. The fraction of sp³-hybridized carbons (Fsp3) is 0.318. The van der Waals surface area contributed by atoms with Gasteiger partial charge in [0.05, 0.1) is 7.11 Å². The van der Waals surface area contributed by atoms with Gasteiger partial charge in [0.1, 0.15) is 11.3 Å². The van der Waals surface area contributed by atoms with Crippen LogP contribution < -0.4 is 10.1 Å². The molecule has 5 heteroatoms. The zero-order valence-electron chi connectivity index (χ0n) is 15.7. The molecule has 140 valence electrons. The van der Waals surface area contributed by atoms with Gasteiger partial charge in [-0.3, -0.25) is 4.79 Å². The van der Waals surface area contributed by atoms with Gasteiger partial charge in [0.25, 0.3) is 5.91 Å². The van der Waals surface area contributed by atoms with Crippen molar-refractivity contribution in [1.82, 2.24) is 10.2 Å². The molecule has 3 aromatic rings. The molecule has 1 aliphatic rings. The number of ether oxygens (including phenoxy) is 1. The van der Waals surface area contributed by atoms with Crippen molar-refractivity contribution in [2.45, 2.75) is 18.9 Å². The number of nitrogens with one attached hydrogen (secondary N) is 1. The summed E-state index contributed by atoms with van der Waals surface area (Å²) in [5.41, 5.74) is 2.59. The number of rotatable bonds is 4. The number of hydrogen-bond acceptors (Lipinski definition) is 4. The Morgan fingerprint density at radius 3 is 2.63 bits per heavy atom. The van der Waals surface area contributed by atoms with E-state index in [0.29, 0.717) is 11.3 Å². The topological polar surface area (TPSA) is 54.7 Å². The molecule has 2 heterocycles. The Kier molecular flexibility index (Phi) is 4.86. The monoisotopic (exact) mass is 364 g/mol. The van der Waals surface area contributed by atoms with Gasteiger partial charge in [-0.05, 0) is 38.1 Å². The summed E-state index contributed by atoms with van der Waals surface area (Å²) in [4.78, 5) is 14.8. The Labute approximate surface area is 158 Å². The van der Waals surface area contributed by atoms with Crippen LogP contribution in [0.15, 0.2) is 52.9 Å². The Morgan fingerprint density at radius 2 is 1.85 bits per heavy atom. The van der Waals surface area contributed by atoms with E-state index in [9.17, 15) is 4.79 Å². The molecular weight excluding hydrogens is 340 g/mol. The van der Waals surface area contributed by atoms with Gasteiger partial charge in [0, 0.05) is 29.6 Å². The molecule has 0 bridgehead atoms. The fourth-order valence-corrected chi connectivity index (χ4v) is 3.78. The van der Waals surface area contributed by atoms with Crippen molar-refractivity contribution in [3.8, 4) is 16.9 Å². The van der Waals surface area contributed by atoms with Crippen LogP contribution in [-0.4, -0.2) is 44.1 Å². The average Bonchev–Trinajstić information content (AvgIpc) is 3.17. The minimum absolute atomic E-state index is 0.0657. The zero-order chi connectivity index (χ0) is 18.8. The van der Waals surface area contributed by atoms with Crippen molar-refractivity contribution in [3.05, 3.63) is 54.3 Å². The maximum atomic E-state index is 13.0. The van der Waals surface area contributed by atoms with Crippen LogP contribution in [-0.2, 0) is 0 Å². The fourth-order valence-electron chi connectivity index (χ4n) is 3.78. The molecule has 4 rings (SSSR count). The van der Waals surface area contributed by atoms with E-state index < -0.39 is 0 Å². The SMILES string of the molecule is COc1ccccc1-c1cccc2cc(C(=O)N(C)C3CCNCC3)oc12. The minimum atomic E-state index is -0.0657. The Bertz CT molecular complexity index is 957. The molecule has 1 aliphatic heterocycles. The molecule has 0 spiro atoms. The highest BCUT2D eigenvalue weighted by Gasteiger charge is 2.25. The molecule has 1 N–H and O–H groups in total. The van der Waals surface area contributed by atoms with Crippen LogP contribution in [0.25, 0.3) is 22.1 Å². The summed E-state index contributed by atoms with van der Waals surface area (Å²) < 4.78 is 11.6. The first-order chi connectivity index (χ1) is 13.2. The lowest BCUT2D eigenvalue weighted by Gasteiger charge is -2.31. The summed E-state index contributed by atoms with van der Waals surface area (Å²) in [5, 5.41) is 4.25. The maximum absolute atomic E-state index is 13.0. The van der Waals surface area contributed by atoms with E-state index >= 15 is 0 Å². The first-order valence-corrected chi connectivity index (χ1v) is 9.33. The molecule has 0 atom stereocenters. The van der Waals surface area contributed by atoms with Gasteiger partial charge in [-0.25, -0.2) is 0 Å². The summed E-state index contributed by atoms with van der Waals surface area (Å²) >= 11 is 0. The highest BCUT2D eigenvalue weighted by Crippen LogP contribution is 2.36. The number of carbonyl (C=O) groups is 1. The largest absolute Gasteiger partial charge is 0.496 e. The predicted molar refractivity (Wildman–Crippen MR) is 106 cm³/mol. The smallest absolute Gasteiger partial charge is 0.289 e. The third kappa shape index (κ3) is 3.30. The molecule has 2 aromatic carbocycles. The number of hydrogen-bond donors (Lipinski definition) is 1. The Hall–Kier alpha value is -2.79. The molecule has 1 fully saturated rings. The van der Waals surface area contributed by atoms with E-state index in [1.54, 1.807) is 7.11 Å². The van der Waals surface area contributed by atoms with Crippen LogP contribution >= 0.6 is 0 Å². The van der Waals surface area contributed by atoms with Crippen molar-refractivity contribution >= 4 is 16.9 Å². The number of methoxy groups -OCH3 is 1. The van der Waals surface area contributed by atoms with Gasteiger partial charge >= 0.3 is 0 Å². The summed E-state index contributed by atoms with van der Waals surface area (Å²) in [6.07, 6.45) is 1.93. The number of para-hydroxylation sites is 2. The highest BCUT2D eigenvalue weighted by atomic mass is 16.5. The molecule has 0 unspecified atom stereocenters. The Morgan fingerprint density at radius 1 is 1.11 bits per heavy atom. The van der Waals surface area contributed by atoms with Gasteiger partial charge in [-0.15, -0.1) is 0 Å². The van der Waals surface area contributed by atoms with Crippen LogP contribution in [0.4, 0.5) is 0 Å². The van der Waals surface area contributed by atoms with Crippen molar-refractivity contribution in [2.75, 3.05) is 27.2 Å². The molecule has 0 radical (unpaired) electrons. The third-order valence-electron chi connectivity index (χ3n) is 5.33. The summed E-state index contributed by atoms with van der Waals surface area (Å²) in [7, 11) is 3.52. The first kappa shape index (κ1) is 17.6. The summed E-state index contributed by atoms with van der Waals surface area (Å²) in [6.45, 7) is 1.89. The quantitative estimate of drug-likeness (QED) is 0.762. The average molecular weight is 364 g/mol. The van der Waals surface area contributed by atoms with E-state index in [-0.39, 0.29) is 11.9 Å². The van der Waals surface area contributed by atoms with E-state index in [1.165, 1.54) is 0 Å². The first-order valence-electron chi connectivity index (χ1n) is 9.33. The molecule has 1 amide bonds. The second-order valence-electron chi connectivity index (χ2n) is 6.93. The lowest BCUT2D eigenvalue weighted by molar-refractivity contribution is 0.0673. The normalized spacial score (nSPS) is 15.0. The van der Waals surface area contributed by atoms with Crippen LogP contribution in [0.1, 0.15) is 23.4 Å². The number of amides is 1. The van der Waals surface area contributed by atoms with Crippen LogP contribution in [0.2, 0.25) is 0 Å². The van der Waals surface area contributed by atoms with E-state index in [0.717, 1.165) is 48.2 Å². The van der Waals surface area contributed by atoms with E-state index in [4.69, 9.17) is 9.15 Å². The van der Waals surface area contributed by atoms with E-state index in [1.807, 2.05) is 60.5 Å². The molecule has 1 saturated heterocycles. The molecule has 0 aliphatic carbocycles. The lowest BCUT2D eigenvalue weighted by Crippen LogP contribution is -2.43.